The molecule has 102 valence electrons. The van der Waals surface area contributed by atoms with E-state index in [1.807, 2.05) is 31.4 Å². The molecular weight excluding hydrogens is 278 g/mol. The molecule has 4 nitrogen and oxygen atoms in total. The Kier molecular flexibility index (Phi) is 4.79. The van der Waals surface area contributed by atoms with Gasteiger partial charge >= 0.3 is 0 Å². The summed E-state index contributed by atoms with van der Waals surface area (Å²) in [4.78, 5) is 16.3. The highest BCUT2D eigenvalue weighted by molar-refractivity contribution is 7.98. The first-order valence-electron chi connectivity index (χ1n) is 6.02. The first-order chi connectivity index (χ1) is 9.10. The van der Waals surface area contributed by atoms with E-state index >= 15 is 0 Å². The van der Waals surface area contributed by atoms with Gasteiger partial charge in [0.1, 0.15) is 0 Å². The topological polar surface area (TPSA) is 68.0 Å². The Labute approximate surface area is 120 Å². The van der Waals surface area contributed by atoms with Crippen LogP contribution in [-0.2, 0) is 4.79 Å². The maximum atomic E-state index is 11.9. The van der Waals surface area contributed by atoms with Gasteiger partial charge in [0.05, 0.1) is 21.3 Å². The summed E-state index contributed by atoms with van der Waals surface area (Å²) < 4.78 is 1.08. The van der Waals surface area contributed by atoms with Crippen LogP contribution in [0.3, 0.4) is 0 Å². The second-order valence-corrected chi connectivity index (χ2v) is 6.51. The van der Waals surface area contributed by atoms with Gasteiger partial charge in [-0.15, -0.1) is 11.3 Å². The van der Waals surface area contributed by atoms with Gasteiger partial charge in [0.2, 0.25) is 5.91 Å². The molecule has 2 aromatic rings. The van der Waals surface area contributed by atoms with Crippen LogP contribution < -0.4 is 11.1 Å². The minimum Gasteiger partial charge on any atom is -0.325 e. The van der Waals surface area contributed by atoms with Gasteiger partial charge in [-0.3, -0.25) is 4.79 Å². The van der Waals surface area contributed by atoms with E-state index in [-0.39, 0.29) is 5.91 Å². The molecule has 0 fully saturated rings. The maximum absolute atomic E-state index is 11.9. The fraction of sp³-hybridized carbons (Fsp3) is 0.385. The normalized spacial score (nSPS) is 12.6. The predicted octanol–water partition coefficient (Wildman–Crippen LogP) is 2.62. The van der Waals surface area contributed by atoms with E-state index in [0.29, 0.717) is 6.42 Å². The third-order valence-corrected chi connectivity index (χ3v) is 4.31. The minimum absolute atomic E-state index is 0.130. The summed E-state index contributed by atoms with van der Waals surface area (Å²) in [7, 11) is 0. The van der Waals surface area contributed by atoms with E-state index in [4.69, 9.17) is 5.73 Å². The standard InChI is InChI=1S/C13H17N3OS2/c1-8-15-11-4-3-9(7-12(11)19-8)16-13(17)10(14)5-6-18-2/h3-4,7,10H,5-6,14H2,1-2H3,(H,16,17)/t10-/m1/s1. The van der Waals surface area contributed by atoms with E-state index in [2.05, 4.69) is 10.3 Å². The van der Waals surface area contributed by atoms with Crippen molar-refractivity contribution in [2.45, 2.75) is 19.4 Å². The number of nitrogens with zero attached hydrogens (tertiary/aromatic N) is 1. The van der Waals surface area contributed by atoms with Crippen LogP contribution in [0.1, 0.15) is 11.4 Å². The Hall–Kier alpha value is -1.11. The van der Waals surface area contributed by atoms with Gasteiger partial charge in [-0.25, -0.2) is 4.98 Å². The van der Waals surface area contributed by atoms with Crippen LogP contribution in [0.5, 0.6) is 0 Å². The van der Waals surface area contributed by atoms with Crippen LogP contribution in [0.15, 0.2) is 18.2 Å². The number of fused-ring (bicyclic) bond motifs is 1. The van der Waals surface area contributed by atoms with Gasteiger partial charge in [-0.05, 0) is 43.6 Å². The molecular formula is C13H17N3OS2. The number of carbonyl (C=O) groups excluding carboxylic acids is 1. The molecule has 0 aliphatic heterocycles. The number of amides is 1. The molecule has 1 heterocycles. The largest absolute Gasteiger partial charge is 0.325 e. The van der Waals surface area contributed by atoms with E-state index < -0.39 is 6.04 Å². The van der Waals surface area contributed by atoms with Gasteiger partial charge in [0, 0.05) is 5.69 Å². The average Bonchev–Trinajstić information content (AvgIpc) is 2.75. The molecule has 0 aliphatic rings. The Morgan fingerprint density at radius 3 is 3.11 bits per heavy atom. The molecule has 0 spiro atoms. The molecule has 0 saturated heterocycles. The van der Waals surface area contributed by atoms with E-state index in [0.717, 1.165) is 26.7 Å². The highest BCUT2D eigenvalue weighted by Crippen LogP contribution is 2.24. The third kappa shape index (κ3) is 3.68. The number of nitrogens with one attached hydrogen (secondary N) is 1. The summed E-state index contributed by atoms with van der Waals surface area (Å²) >= 11 is 3.31. The molecule has 0 radical (unpaired) electrons. The van der Waals surface area contributed by atoms with Crippen molar-refractivity contribution in [2.75, 3.05) is 17.3 Å². The van der Waals surface area contributed by atoms with Crippen molar-refractivity contribution < 1.29 is 4.79 Å². The van der Waals surface area contributed by atoms with Crippen molar-refractivity contribution in [3.05, 3.63) is 23.2 Å². The monoisotopic (exact) mass is 295 g/mol. The van der Waals surface area contributed by atoms with Gasteiger partial charge in [-0.1, -0.05) is 0 Å². The Morgan fingerprint density at radius 1 is 1.58 bits per heavy atom. The molecule has 19 heavy (non-hydrogen) atoms. The van der Waals surface area contributed by atoms with Crippen molar-refractivity contribution >= 4 is 44.9 Å². The molecule has 6 heteroatoms. The summed E-state index contributed by atoms with van der Waals surface area (Å²) in [5.41, 5.74) is 7.58. The zero-order valence-corrected chi connectivity index (χ0v) is 12.6. The number of anilines is 1. The molecule has 1 aromatic heterocycles. The van der Waals surface area contributed by atoms with E-state index in [9.17, 15) is 4.79 Å². The fourth-order valence-electron chi connectivity index (χ4n) is 1.73. The molecule has 2 rings (SSSR count). The Balaban J connectivity index is 2.06. The van der Waals surface area contributed by atoms with E-state index in [1.54, 1.807) is 23.1 Å². The molecule has 0 saturated carbocycles. The van der Waals surface area contributed by atoms with Gasteiger partial charge in [0.25, 0.3) is 0 Å². The van der Waals surface area contributed by atoms with Crippen LogP contribution >= 0.6 is 23.1 Å². The predicted molar refractivity (Wildman–Crippen MR) is 84.0 cm³/mol. The van der Waals surface area contributed by atoms with Crippen molar-refractivity contribution in [3.8, 4) is 0 Å². The van der Waals surface area contributed by atoms with Crippen molar-refractivity contribution in [1.29, 1.82) is 0 Å². The number of carbonyl (C=O) groups is 1. The van der Waals surface area contributed by atoms with E-state index in [1.165, 1.54) is 0 Å². The number of hydrogen-bond acceptors (Lipinski definition) is 5. The summed E-state index contributed by atoms with van der Waals surface area (Å²) in [5.74, 6) is 0.761. The van der Waals surface area contributed by atoms with Crippen molar-refractivity contribution in [2.24, 2.45) is 5.73 Å². The van der Waals surface area contributed by atoms with Gasteiger partial charge in [0.15, 0.2) is 0 Å². The zero-order valence-electron chi connectivity index (χ0n) is 11.0. The van der Waals surface area contributed by atoms with Crippen LogP contribution in [0.4, 0.5) is 5.69 Å². The number of nitrogens with two attached hydrogens (primary N) is 1. The highest BCUT2D eigenvalue weighted by Gasteiger charge is 2.13. The summed E-state index contributed by atoms with van der Waals surface area (Å²) in [6.07, 6.45) is 2.69. The summed E-state index contributed by atoms with van der Waals surface area (Å²) in [5, 5.41) is 3.88. The number of aromatic nitrogens is 1. The second-order valence-electron chi connectivity index (χ2n) is 4.29. The molecule has 1 aromatic carbocycles. The van der Waals surface area contributed by atoms with Crippen molar-refractivity contribution in [1.82, 2.24) is 4.98 Å². The smallest absolute Gasteiger partial charge is 0.241 e. The molecule has 0 bridgehead atoms. The maximum Gasteiger partial charge on any atom is 0.241 e. The number of thioether (sulfide) groups is 1. The number of thiazole rings is 1. The lowest BCUT2D eigenvalue weighted by Gasteiger charge is -2.11. The highest BCUT2D eigenvalue weighted by atomic mass is 32.2. The Bertz CT molecular complexity index is 582. The number of aryl methyl sites for hydroxylation is 1. The molecule has 0 aliphatic carbocycles. The van der Waals surface area contributed by atoms with Crippen LogP contribution in [0.2, 0.25) is 0 Å². The summed E-state index contributed by atoms with van der Waals surface area (Å²) in [6, 6.07) is 5.27. The second kappa shape index (κ2) is 6.36. The van der Waals surface area contributed by atoms with Crippen LogP contribution in [0, 0.1) is 6.92 Å². The van der Waals surface area contributed by atoms with Gasteiger partial charge in [-0.2, -0.15) is 11.8 Å². The molecule has 1 atom stereocenters. The number of benzene rings is 1. The number of rotatable bonds is 5. The first kappa shape index (κ1) is 14.3. The SMILES string of the molecule is CSCC[C@@H](N)C(=O)Nc1ccc2nc(C)sc2c1. The molecule has 1 amide bonds. The average molecular weight is 295 g/mol. The zero-order chi connectivity index (χ0) is 13.8. The lowest BCUT2D eigenvalue weighted by Crippen LogP contribution is -2.36. The quantitative estimate of drug-likeness (QED) is 0.890. The van der Waals surface area contributed by atoms with Crippen LogP contribution in [-0.4, -0.2) is 28.9 Å². The number of hydrogen-bond donors (Lipinski definition) is 2. The minimum atomic E-state index is -0.452. The lowest BCUT2D eigenvalue weighted by molar-refractivity contribution is -0.117. The fourth-order valence-corrected chi connectivity index (χ4v) is 3.08. The molecule has 3 N–H and O–H groups in total. The lowest BCUT2D eigenvalue weighted by atomic mass is 10.2. The first-order valence-corrected chi connectivity index (χ1v) is 8.24. The Morgan fingerprint density at radius 2 is 2.37 bits per heavy atom. The van der Waals surface area contributed by atoms with Gasteiger partial charge < -0.3 is 11.1 Å². The molecule has 0 unspecified atom stereocenters. The van der Waals surface area contributed by atoms with Crippen LogP contribution in [0.25, 0.3) is 10.2 Å². The third-order valence-electron chi connectivity index (χ3n) is 2.73. The summed E-state index contributed by atoms with van der Waals surface area (Å²) in [6.45, 7) is 1.97. The van der Waals surface area contributed by atoms with Crippen molar-refractivity contribution in [3.63, 3.8) is 0 Å².